The van der Waals surface area contributed by atoms with Gasteiger partial charge in [0, 0.05) is 0 Å². The van der Waals surface area contributed by atoms with Crippen molar-refractivity contribution < 1.29 is 13.0 Å². The van der Waals surface area contributed by atoms with Crippen molar-refractivity contribution >= 4 is 10.1 Å². The maximum atomic E-state index is 10.3. The van der Waals surface area contributed by atoms with Gasteiger partial charge in [-0.1, -0.05) is 0 Å². The molecule has 0 saturated carbocycles. The second-order valence-corrected chi connectivity index (χ2v) is 3.97. The molecule has 0 aromatic rings. The third-order valence-corrected chi connectivity index (χ3v) is 2.33. The van der Waals surface area contributed by atoms with Crippen molar-refractivity contribution in [2.75, 3.05) is 6.54 Å². The van der Waals surface area contributed by atoms with Gasteiger partial charge in [-0.15, -0.1) is 0 Å². The normalized spacial score (nSPS) is 14.8. The fraction of sp³-hybridized carbons (Fsp3) is 1.00. The lowest BCUT2D eigenvalue weighted by Gasteiger charge is -2.06. The topological polar surface area (TPSA) is 106 Å². The van der Waals surface area contributed by atoms with E-state index < -0.39 is 15.5 Å². The summed E-state index contributed by atoms with van der Waals surface area (Å²) in [6.07, 6.45) is 1.61. The zero-order chi connectivity index (χ0) is 8.91. The molecule has 0 spiro atoms. The summed E-state index contributed by atoms with van der Waals surface area (Å²) in [5, 5.41) is -1.16. The summed E-state index contributed by atoms with van der Waals surface area (Å²) in [5.74, 6) is 0. The summed E-state index contributed by atoms with van der Waals surface area (Å²) in [5.41, 5.74) is 10.3. The Balaban J connectivity index is 3.62. The summed E-state index contributed by atoms with van der Waals surface area (Å²) in [6.45, 7) is 0.512. The summed E-state index contributed by atoms with van der Waals surface area (Å²) in [6, 6.07) is 0. The van der Waals surface area contributed by atoms with Crippen molar-refractivity contribution in [3.63, 3.8) is 0 Å². The molecule has 1 atom stereocenters. The Bertz CT molecular complexity index is 190. The standard InChI is InChI=1S/C5H14N2O3S/c6-4-2-1-3-5(7)11(8,9)10/h5H,1-4,6-7H2,(H,8,9,10). The zero-order valence-corrected chi connectivity index (χ0v) is 7.05. The van der Waals surface area contributed by atoms with Crippen LogP contribution in [0.3, 0.4) is 0 Å². The zero-order valence-electron chi connectivity index (χ0n) is 6.23. The molecule has 5 nitrogen and oxygen atoms in total. The van der Waals surface area contributed by atoms with Crippen LogP contribution in [-0.2, 0) is 10.1 Å². The van der Waals surface area contributed by atoms with Gasteiger partial charge in [0.25, 0.3) is 10.1 Å². The van der Waals surface area contributed by atoms with Gasteiger partial charge >= 0.3 is 0 Å². The van der Waals surface area contributed by atoms with E-state index in [1.807, 2.05) is 0 Å². The molecule has 0 aliphatic rings. The lowest BCUT2D eigenvalue weighted by atomic mass is 10.2. The van der Waals surface area contributed by atoms with E-state index in [1.165, 1.54) is 0 Å². The number of rotatable bonds is 5. The van der Waals surface area contributed by atoms with Gasteiger partial charge in [0.15, 0.2) is 0 Å². The van der Waals surface area contributed by atoms with E-state index in [1.54, 1.807) is 0 Å². The molecule has 0 fully saturated rings. The molecule has 0 rings (SSSR count). The van der Waals surface area contributed by atoms with Crippen molar-refractivity contribution in [3.05, 3.63) is 0 Å². The molecule has 1 unspecified atom stereocenters. The van der Waals surface area contributed by atoms with Crippen LogP contribution in [0.4, 0.5) is 0 Å². The van der Waals surface area contributed by atoms with E-state index in [0.29, 0.717) is 13.0 Å². The Morgan fingerprint density at radius 1 is 1.36 bits per heavy atom. The van der Waals surface area contributed by atoms with Crippen LogP contribution >= 0.6 is 0 Å². The van der Waals surface area contributed by atoms with E-state index >= 15 is 0 Å². The monoisotopic (exact) mass is 182 g/mol. The van der Waals surface area contributed by atoms with Crippen LogP contribution in [0.2, 0.25) is 0 Å². The van der Waals surface area contributed by atoms with Crippen molar-refractivity contribution in [1.29, 1.82) is 0 Å². The minimum absolute atomic E-state index is 0.260. The smallest absolute Gasteiger partial charge is 0.280 e. The Hall–Kier alpha value is -0.170. The summed E-state index contributed by atoms with van der Waals surface area (Å²) in [4.78, 5) is 0. The maximum absolute atomic E-state index is 10.3. The first kappa shape index (κ1) is 10.8. The molecule has 0 amide bonds. The van der Waals surface area contributed by atoms with Gasteiger partial charge in [-0.25, -0.2) is 0 Å². The quantitative estimate of drug-likeness (QED) is 0.384. The molecule has 0 bridgehead atoms. The molecule has 0 radical (unpaired) electrons. The highest BCUT2D eigenvalue weighted by molar-refractivity contribution is 7.86. The lowest BCUT2D eigenvalue weighted by molar-refractivity contribution is 0.460. The second-order valence-electron chi connectivity index (χ2n) is 2.34. The van der Waals surface area contributed by atoms with Gasteiger partial charge in [0.2, 0.25) is 0 Å². The van der Waals surface area contributed by atoms with Crippen molar-refractivity contribution in [2.24, 2.45) is 11.5 Å². The SMILES string of the molecule is NCCCCC(N)S(=O)(=O)O. The largest absolute Gasteiger partial charge is 0.330 e. The third-order valence-electron chi connectivity index (χ3n) is 1.33. The molecule has 0 aromatic heterocycles. The highest BCUT2D eigenvalue weighted by Crippen LogP contribution is 2.02. The van der Waals surface area contributed by atoms with Crippen LogP contribution in [-0.4, -0.2) is 24.9 Å². The Morgan fingerprint density at radius 2 is 1.91 bits per heavy atom. The molecule has 0 aromatic carbocycles. The van der Waals surface area contributed by atoms with Gasteiger partial charge in [0.05, 0.1) is 0 Å². The Kier molecular flexibility index (Phi) is 4.58. The van der Waals surface area contributed by atoms with Crippen molar-refractivity contribution in [1.82, 2.24) is 0 Å². The highest BCUT2D eigenvalue weighted by Gasteiger charge is 2.16. The molecule has 0 aliphatic carbocycles. The highest BCUT2D eigenvalue weighted by atomic mass is 32.2. The van der Waals surface area contributed by atoms with E-state index in [-0.39, 0.29) is 6.42 Å². The molecule has 5 N–H and O–H groups in total. The van der Waals surface area contributed by atoms with Crippen molar-refractivity contribution in [2.45, 2.75) is 24.6 Å². The summed E-state index contributed by atoms with van der Waals surface area (Å²) >= 11 is 0. The molecule has 68 valence electrons. The second kappa shape index (κ2) is 4.66. The first-order chi connectivity index (χ1) is 4.98. The number of nitrogens with two attached hydrogens (primary N) is 2. The van der Waals surface area contributed by atoms with Gasteiger partial charge in [-0.3, -0.25) is 4.55 Å². The van der Waals surface area contributed by atoms with E-state index in [9.17, 15) is 8.42 Å². The maximum Gasteiger partial charge on any atom is 0.280 e. The number of hydrogen-bond acceptors (Lipinski definition) is 4. The van der Waals surface area contributed by atoms with Crippen molar-refractivity contribution in [3.8, 4) is 0 Å². The molecule has 6 heteroatoms. The average Bonchev–Trinajstić information content (AvgIpc) is 1.86. The van der Waals surface area contributed by atoms with E-state index in [2.05, 4.69) is 0 Å². The molecule has 0 saturated heterocycles. The van der Waals surface area contributed by atoms with E-state index in [4.69, 9.17) is 16.0 Å². The average molecular weight is 182 g/mol. The predicted molar refractivity (Wildman–Crippen MR) is 42.4 cm³/mol. The fourth-order valence-electron chi connectivity index (χ4n) is 0.639. The van der Waals surface area contributed by atoms with Crippen LogP contribution in [0, 0.1) is 0 Å². The number of hydrogen-bond donors (Lipinski definition) is 3. The van der Waals surface area contributed by atoms with Gasteiger partial charge < -0.3 is 11.5 Å². The molecule has 0 heterocycles. The van der Waals surface area contributed by atoms with Gasteiger partial charge in [-0.05, 0) is 25.8 Å². The third kappa shape index (κ3) is 5.14. The van der Waals surface area contributed by atoms with Crippen LogP contribution in [0.25, 0.3) is 0 Å². The minimum Gasteiger partial charge on any atom is -0.330 e. The molecule has 11 heavy (non-hydrogen) atoms. The molecular formula is C5H14N2O3S. The first-order valence-electron chi connectivity index (χ1n) is 3.40. The first-order valence-corrected chi connectivity index (χ1v) is 4.90. The Morgan fingerprint density at radius 3 is 2.27 bits per heavy atom. The lowest BCUT2D eigenvalue weighted by Crippen LogP contribution is -2.29. The van der Waals surface area contributed by atoms with Crippen LogP contribution < -0.4 is 11.5 Å². The Labute approximate surface area is 66.5 Å². The van der Waals surface area contributed by atoms with Crippen LogP contribution in [0.15, 0.2) is 0 Å². The van der Waals surface area contributed by atoms with Crippen LogP contribution in [0.1, 0.15) is 19.3 Å². The summed E-state index contributed by atoms with van der Waals surface area (Å²) in [7, 11) is -4.05. The molecule has 0 aliphatic heterocycles. The van der Waals surface area contributed by atoms with Crippen LogP contribution in [0.5, 0.6) is 0 Å². The van der Waals surface area contributed by atoms with E-state index in [0.717, 1.165) is 6.42 Å². The minimum atomic E-state index is -4.05. The fourth-order valence-corrected chi connectivity index (χ4v) is 1.10. The van der Waals surface area contributed by atoms with Gasteiger partial charge in [-0.2, -0.15) is 8.42 Å². The summed E-state index contributed by atoms with van der Waals surface area (Å²) < 4.78 is 29.1. The van der Waals surface area contributed by atoms with Gasteiger partial charge in [0.1, 0.15) is 5.37 Å². The molecular weight excluding hydrogens is 168 g/mol. The number of unbranched alkanes of at least 4 members (excludes halogenated alkanes) is 1. The predicted octanol–water partition coefficient (Wildman–Crippen LogP) is -0.712.